The zero-order chi connectivity index (χ0) is 27.1. The van der Waals surface area contributed by atoms with Crippen molar-refractivity contribution in [1.82, 2.24) is 4.57 Å². The predicted octanol–water partition coefficient (Wildman–Crippen LogP) is 9.08. The zero-order valence-electron chi connectivity index (χ0n) is 21.9. The fourth-order valence-electron chi connectivity index (χ4n) is 5.62. The molecule has 0 spiro atoms. The molecule has 0 bridgehead atoms. The summed E-state index contributed by atoms with van der Waals surface area (Å²) in [4.78, 5) is 2.28. The summed E-state index contributed by atoms with van der Waals surface area (Å²) in [5.74, 6) is 0. The number of benzene rings is 6. The molecule has 0 aliphatic rings. The maximum atomic E-state index is 6.20. The Morgan fingerprint density at radius 2 is 0.925 bits per heavy atom. The third-order valence-electron chi connectivity index (χ3n) is 7.42. The molecule has 4 nitrogen and oxygen atoms in total. The number of hydrogen-bond donors (Lipinski definition) is 2. The van der Waals surface area contributed by atoms with Crippen LogP contribution in [0, 0.1) is 0 Å². The molecule has 4 heteroatoms. The minimum absolute atomic E-state index is 0.735. The van der Waals surface area contributed by atoms with Gasteiger partial charge in [-0.2, -0.15) is 0 Å². The quantitative estimate of drug-likeness (QED) is 0.224. The summed E-state index contributed by atoms with van der Waals surface area (Å²) in [6.07, 6.45) is 0. The molecule has 1 heterocycles. The largest absolute Gasteiger partial charge is 0.399 e. The van der Waals surface area contributed by atoms with Gasteiger partial charge in [-0.1, -0.05) is 66.7 Å². The van der Waals surface area contributed by atoms with E-state index in [1.807, 2.05) is 36.4 Å². The van der Waals surface area contributed by atoms with Crippen molar-refractivity contribution in [3.8, 4) is 16.8 Å². The highest BCUT2D eigenvalue weighted by Crippen LogP contribution is 2.39. The highest BCUT2D eigenvalue weighted by molar-refractivity contribution is 6.11. The van der Waals surface area contributed by atoms with Gasteiger partial charge in [0.05, 0.1) is 16.7 Å². The van der Waals surface area contributed by atoms with E-state index in [0.717, 1.165) is 67.1 Å². The Hall–Kier alpha value is -5.48. The average Bonchev–Trinajstić information content (AvgIpc) is 3.31. The summed E-state index contributed by atoms with van der Waals surface area (Å²) in [7, 11) is 0. The van der Waals surface area contributed by atoms with Crippen LogP contribution in [0.25, 0.3) is 38.6 Å². The molecule has 6 aromatic carbocycles. The van der Waals surface area contributed by atoms with E-state index in [2.05, 4.69) is 119 Å². The second-order valence-corrected chi connectivity index (χ2v) is 9.96. The summed E-state index contributed by atoms with van der Waals surface area (Å²) >= 11 is 0. The van der Waals surface area contributed by atoms with Crippen LogP contribution in [0.3, 0.4) is 0 Å². The van der Waals surface area contributed by atoms with Crippen molar-refractivity contribution in [2.75, 3.05) is 16.4 Å². The summed E-state index contributed by atoms with van der Waals surface area (Å²) in [5, 5.41) is 2.18. The lowest BCUT2D eigenvalue weighted by molar-refractivity contribution is 1.18. The molecular formula is C36H28N4. The third-order valence-corrected chi connectivity index (χ3v) is 7.42. The molecule has 0 atom stereocenters. The number of anilines is 5. The van der Waals surface area contributed by atoms with Gasteiger partial charge in [0.2, 0.25) is 0 Å². The van der Waals surface area contributed by atoms with Crippen LogP contribution in [0.4, 0.5) is 28.4 Å². The van der Waals surface area contributed by atoms with Gasteiger partial charge in [0.1, 0.15) is 0 Å². The number of aromatic nitrogens is 1. The van der Waals surface area contributed by atoms with Crippen LogP contribution in [0.2, 0.25) is 0 Å². The Balaban J connectivity index is 1.37. The molecule has 40 heavy (non-hydrogen) atoms. The number of hydrogen-bond acceptors (Lipinski definition) is 3. The van der Waals surface area contributed by atoms with E-state index >= 15 is 0 Å². The van der Waals surface area contributed by atoms with Crippen molar-refractivity contribution in [3.63, 3.8) is 0 Å². The second-order valence-electron chi connectivity index (χ2n) is 9.96. The number of rotatable bonds is 5. The van der Waals surface area contributed by atoms with Gasteiger partial charge >= 0.3 is 0 Å². The van der Waals surface area contributed by atoms with Gasteiger partial charge in [-0.3, -0.25) is 0 Å². The van der Waals surface area contributed by atoms with Crippen LogP contribution in [0.1, 0.15) is 0 Å². The standard InChI is InChI=1S/C36H28N4/c37-26-17-21-35-32(23-26)33-24-27(38)18-22-36(33)40(35)34-14-8-7-13-31(34)25-15-19-30(20-16-25)39(28-9-3-1-4-10-28)29-11-5-2-6-12-29/h1-24H,37-38H2. The topological polar surface area (TPSA) is 60.2 Å². The van der Waals surface area contributed by atoms with Gasteiger partial charge in [-0.25, -0.2) is 0 Å². The smallest absolute Gasteiger partial charge is 0.0542 e. The van der Waals surface area contributed by atoms with Crippen molar-refractivity contribution in [3.05, 3.63) is 146 Å². The molecule has 0 saturated heterocycles. The lowest BCUT2D eigenvalue weighted by Gasteiger charge is -2.25. The number of para-hydroxylation sites is 3. The lowest BCUT2D eigenvalue weighted by Crippen LogP contribution is -2.09. The molecule has 0 radical (unpaired) electrons. The molecule has 7 aromatic rings. The van der Waals surface area contributed by atoms with E-state index in [-0.39, 0.29) is 0 Å². The molecule has 1 aromatic heterocycles. The van der Waals surface area contributed by atoms with Gasteiger partial charge < -0.3 is 20.9 Å². The SMILES string of the molecule is Nc1ccc2c(c1)c1cc(N)ccc1n2-c1ccccc1-c1ccc(N(c2ccccc2)c2ccccc2)cc1. The monoisotopic (exact) mass is 516 g/mol. The molecule has 7 rings (SSSR count). The maximum Gasteiger partial charge on any atom is 0.0542 e. The van der Waals surface area contributed by atoms with Crippen LogP contribution in [0.15, 0.2) is 146 Å². The fraction of sp³-hybridized carbons (Fsp3) is 0. The lowest BCUT2D eigenvalue weighted by atomic mass is 10.0. The molecule has 0 amide bonds. The minimum atomic E-state index is 0.735. The van der Waals surface area contributed by atoms with Gasteiger partial charge in [-0.05, 0) is 84.4 Å². The van der Waals surface area contributed by atoms with Crippen molar-refractivity contribution in [2.24, 2.45) is 0 Å². The van der Waals surface area contributed by atoms with Crippen molar-refractivity contribution in [2.45, 2.75) is 0 Å². The van der Waals surface area contributed by atoms with E-state index in [1.165, 1.54) is 0 Å². The number of fused-ring (bicyclic) bond motifs is 3. The molecule has 0 aliphatic carbocycles. The van der Waals surface area contributed by atoms with Crippen LogP contribution >= 0.6 is 0 Å². The highest BCUT2D eigenvalue weighted by Gasteiger charge is 2.17. The van der Waals surface area contributed by atoms with Crippen LogP contribution in [-0.4, -0.2) is 4.57 Å². The first-order chi connectivity index (χ1) is 19.7. The van der Waals surface area contributed by atoms with E-state index in [9.17, 15) is 0 Å². The highest BCUT2D eigenvalue weighted by atomic mass is 15.1. The summed E-state index contributed by atoms with van der Waals surface area (Å²) < 4.78 is 2.31. The van der Waals surface area contributed by atoms with Crippen LogP contribution in [0.5, 0.6) is 0 Å². The van der Waals surface area contributed by atoms with Crippen molar-refractivity contribution < 1.29 is 0 Å². The number of nitrogen functional groups attached to an aromatic ring is 2. The zero-order valence-corrected chi connectivity index (χ0v) is 21.9. The first kappa shape index (κ1) is 23.6. The molecule has 4 N–H and O–H groups in total. The van der Waals surface area contributed by atoms with Crippen LogP contribution in [-0.2, 0) is 0 Å². The third kappa shape index (κ3) is 4.03. The Morgan fingerprint density at radius 3 is 1.48 bits per heavy atom. The Morgan fingerprint density at radius 1 is 0.450 bits per heavy atom. The molecule has 0 unspecified atom stereocenters. The second kappa shape index (κ2) is 9.68. The maximum absolute atomic E-state index is 6.20. The molecule has 0 aliphatic heterocycles. The van der Waals surface area contributed by atoms with E-state index in [4.69, 9.17) is 11.5 Å². The minimum Gasteiger partial charge on any atom is -0.399 e. The molecule has 0 saturated carbocycles. The van der Waals surface area contributed by atoms with Crippen molar-refractivity contribution in [1.29, 1.82) is 0 Å². The Bertz CT molecular complexity index is 1860. The Kier molecular flexibility index (Phi) is 5.72. The van der Waals surface area contributed by atoms with Crippen molar-refractivity contribution >= 4 is 50.2 Å². The fourth-order valence-corrected chi connectivity index (χ4v) is 5.62. The van der Waals surface area contributed by atoms with Crippen LogP contribution < -0.4 is 16.4 Å². The number of nitrogens with zero attached hydrogens (tertiary/aromatic N) is 2. The van der Waals surface area contributed by atoms with Gasteiger partial charge in [-0.15, -0.1) is 0 Å². The van der Waals surface area contributed by atoms with E-state index in [1.54, 1.807) is 0 Å². The average molecular weight is 517 g/mol. The van der Waals surface area contributed by atoms with Gasteiger partial charge in [0, 0.05) is 44.8 Å². The van der Waals surface area contributed by atoms with E-state index in [0.29, 0.717) is 0 Å². The summed E-state index contributed by atoms with van der Waals surface area (Å²) in [6, 6.07) is 50.4. The molecular weight excluding hydrogens is 488 g/mol. The normalized spacial score (nSPS) is 11.2. The summed E-state index contributed by atoms with van der Waals surface area (Å²) in [6.45, 7) is 0. The Labute approximate surface area is 233 Å². The number of nitrogens with two attached hydrogens (primary N) is 2. The first-order valence-corrected chi connectivity index (χ1v) is 13.4. The predicted molar refractivity (Wildman–Crippen MR) is 170 cm³/mol. The van der Waals surface area contributed by atoms with E-state index < -0.39 is 0 Å². The first-order valence-electron chi connectivity index (χ1n) is 13.4. The van der Waals surface area contributed by atoms with Gasteiger partial charge in [0.15, 0.2) is 0 Å². The van der Waals surface area contributed by atoms with Gasteiger partial charge in [0.25, 0.3) is 0 Å². The summed E-state index contributed by atoms with van der Waals surface area (Å²) in [5.41, 5.74) is 22.8. The molecule has 0 fully saturated rings. The molecule has 192 valence electrons.